The average molecular weight is 312 g/mol. The van der Waals surface area contributed by atoms with E-state index in [4.69, 9.17) is 0 Å². The number of piperazine rings is 1. The van der Waals surface area contributed by atoms with Gasteiger partial charge in [0, 0.05) is 57.4 Å². The minimum Gasteiger partial charge on any atom is -0.354 e. The van der Waals surface area contributed by atoms with E-state index in [0.29, 0.717) is 5.78 Å². The van der Waals surface area contributed by atoms with Crippen LogP contribution in [0.15, 0.2) is 24.8 Å². The van der Waals surface area contributed by atoms with Crippen molar-refractivity contribution in [1.82, 2.24) is 34.0 Å². The fraction of sp³-hybridized carbons (Fsp3) is 0.467. The quantitative estimate of drug-likeness (QED) is 0.701. The van der Waals surface area contributed by atoms with Gasteiger partial charge in [-0.05, 0) is 6.92 Å². The fourth-order valence-electron chi connectivity index (χ4n) is 3.02. The van der Waals surface area contributed by atoms with Crippen LogP contribution in [0.1, 0.15) is 11.5 Å². The molecule has 0 aliphatic carbocycles. The van der Waals surface area contributed by atoms with Crippen LogP contribution in [0.2, 0.25) is 0 Å². The summed E-state index contributed by atoms with van der Waals surface area (Å²) in [6, 6.07) is 2.08. The molecule has 0 atom stereocenters. The van der Waals surface area contributed by atoms with Crippen LogP contribution in [-0.2, 0) is 13.6 Å². The average Bonchev–Trinajstić information content (AvgIpc) is 3.17. The summed E-state index contributed by atoms with van der Waals surface area (Å²) in [5.74, 6) is 2.84. The van der Waals surface area contributed by atoms with E-state index in [9.17, 15) is 0 Å². The van der Waals surface area contributed by atoms with E-state index in [1.54, 1.807) is 6.33 Å². The lowest BCUT2D eigenvalue weighted by Gasteiger charge is -2.35. The molecule has 1 aliphatic rings. The maximum Gasteiger partial charge on any atom is 0.254 e. The number of aromatic nitrogens is 6. The molecular formula is C15H20N8. The van der Waals surface area contributed by atoms with E-state index in [0.717, 1.165) is 50.1 Å². The Bertz CT molecular complexity index is 812. The summed E-state index contributed by atoms with van der Waals surface area (Å²) in [5.41, 5.74) is 0.968. The molecule has 1 saturated heterocycles. The van der Waals surface area contributed by atoms with Crippen molar-refractivity contribution in [3.05, 3.63) is 36.3 Å². The minimum absolute atomic E-state index is 0.662. The Morgan fingerprint density at radius 2 is 1.96 bits per heavy atom. The minimum atomic E-state index is 0.662. The smallest absolute Gasteiger partial charge is 0.254 e. The van der Waals surface area contributed by atoms with Gasteiger partial charge in [-0.1, -0.05) is 0 Å². The number of nitrogens with zero attached hydrogens (tertiary/aromatic N) is 8. The standard InChI is InChI=1S/C15H20N8/c1-12-9-14(23-15(19-12)17-11-18-23)22-7-5-21(6-8-22)10-13-16-3-4-20(13)2/h3-4,9,11H,5-8,10H2,1-2H3. The second-order valence-electron chi connectivity index (χ2n) is 5.95. The zero-order chi connectivity index (χ0) is 15.8. The van der Waals surface area contributed by atoms with Crippen molar-refractivity contribution in [3.8, 4) is 0 Å². The van der Waals surface area contributed by atoms with Crippen molar-refractivity contribution in [3.63, 3.8) is 0 Å². The van der Waals surface area contributed by atoms with Gasteiger partial charge in [-0.2, -0.15) is 14.6 Å². The number of rotatable bonds is 3. The SMILES string of the molecule is Cc1cc(N2CCN(Cc3nccn3C)CC2)n2ncnc2n1. The van der Waals surface area contributed by atoms with E-state index in [-0.39, 0.29) is 0 Å². The molecule has 23 heavy (non-hydrogen) atoms. The number of hydrogen-bond acceptors (Lipinski definition) is 6. The van der Waals surface area contributed by atoms with Gasteiger partial charge in [0.2, 0.25) is 0 Å². The molecule has 0 bridgehead atoms. The van der Waals surface area contributed by atoms with E-state index in [2.05, 4.69) is 40.5 Å². The van der Waals surface area contributed by atoms with Gasteiger partial charge >= 0.3 is 0 Å². The lowest BCUT2D eigenvalue weighted by atomic mass is 10.3. The van der Waals surface area contributed by atoms with Gasteiger partial charge in [-0.25, -0.2) is 9.97 Å². The van der Waals surface area contributed by atoms with E-state index >= 15 is 0 Å². The number of hydrogen-bond donors (Lipinski definition) is 0. The Labute approximate surface area is 134 Å². The van der Waals surface area contributed by atoms with Crippen LogP contribution in [-0.4, -0.2) is 60.2 Å². The fourth-order valence-corrected chi connectivity index (χ4v) is 3.02. The highest BCUT2D eigenvalue weighted by atomic mass is 15.4. The van der Waals surface area contributed by atoms with Crippen molar-refractivity contribution >= 4 is 11.6 Å². The second kappa shape index (κ2) is 5.62. The predicted molar refractivity (Wildman–Crippen MR) is 86.2 cm³/mol. The first-order valence-corrected chi connectivity index (χ1v) is 7.81. The molecule has 0 unspecified atom stereocenters. The first-order valence-electron chi connectivity index (χ1n) is 7.81. The Morgan fingerprint density at radius 1 is 1.13 bits per heavy atom. The molecule has 0 radical (unpaired) electrons. The third-order valence-electron chi connectivity index (χ3n) is 4.34. The summed E-state index contributed by atoms with van der Waals surface area (Å²) >= 11 is 0. The van der Waals surface area contributed by atoms with Crippen LogP contribution < -0.4 is 4.90 Å². The zero-order valence-electron chi connectivity index (χ0n) is 13.4. The molecule has 8 heteroatoms. The van der Waals surface area contributed by atoms with Gasteiger partial charge < -0.3 is 9.47 Å². The molecule has 3 aromatic rings. The first-order chi connectivity index (χ1) is 11.2. The Hall–Kier alpha value is -2.48. The van der Waals surface area contributed by atoms with Gasteiger partial charge in [-0.15, -0.1) is 0 Å². The van der Waals surface area contributed by atoms with Crippen LogP contribution >= 0.6 is 0 Å². The third kappa shape index (κ3) is 2.65. The molecule has 0 aromatic carbocycles. The molecule has 0 spiro atoms. The maximum atomic E-state index is 4.41. The molecule has 4 rings (SSSR count). The van der Waals surface area contributed by atoms with E-state index < -0.39 is 0 Å². The number of fused-ring (bicyclic) bond motifs is 1. The van der Waals surface area contributed by atoms with Crippen LogP contribution in [0.4, 0.5) is 5.82 Å². The summed E-state index contributed by atoms with van der Waals surface area (Å²) in [6.45, 7) is 6.82. The van der Waals surface area contributed by atoms with Gasteiger partial charge in [0.05, 0.1) is 6.54 Å². The maximum absolute atomic E-state index is 4.41. The molecule has 1 aliphatic heterocycles. The molecule has 120 valence electrons. The second-order valence-corrected chi connectivity index (χ2v) is 5.95. The molecule has 4 heterocycles. The number of anilines is 1. The van der Waals surface area contributed by atoms with Crippen LogP contribution in [0.25, 0.3) is 5.78 Å². The van der Waals surface area contributed by atoms with Crippen LogP contribution in [0.5, 0.6) is 0 Å². The molecule has 3 aromatic heterocycles. The normalized spacial score (nSPS) is 16.3. The van der Waals surface area contributed by atoms with E-state index in [1.165, 1.54) is 0 Å². The molecule has 1 fully saturated rings. The van der Waals surface area contributed by atoms with Crippen molar-refractivity contribution in [1.29, 1.82) is 0 Å². The molecule has 0 saturated carbocycles. The molecule has 8 nitrogen and oxygen atoms in total. The van der Waals surface area contributed by atoms with Gasteiger partial charge in [0.15, 0.2) is 0 Å². The molecule has 0 amide bonds. The van der Waals surface area contributed by atoms with Crippen LogP contribution in [0, 0.1) is 6.92 Å². The van der Waals surface area contributed by atoms with E-state index in [1.807, 2.05) is 30.9 Å². The first kappa shape index (κ1) is 14.1. The van der Waals surface area contributed by atoms with Crippen molar-refractivity contribution in [2.24, 2.45) is 7.05 Å². The molecular weight excluding hydrogens is 292 g/mol. The van der Waals surface area contributed by atoms with Crippen molar-refractivity contribution in [2.45, 2.75) is 13.5 Å². The summed E-state index contributed by atoms with van der Waals surface area (Å²) in [7, 11) is 2.04. The highest BCUT2D eigenvalue weighted by Crippen LogP contribution is 2.18. The number of aryl methyl sites for hydroxylation is 2. The lowest BCUT2D eigenvalue weighted by Crippen LogP contribution is -2.46. The summed E-state index contributed by atoms with van der Waals surface area (Å²) in [6.07, 6.45) is 5.40. The topological polar surface area (TPSA) is 67.4 Å². The summed E-state index contributed by atoms with van der Waals surface area (Å²) < 4.78 is 3.90. The van der Waals surface area contributed by atoms with Crippen molar-refractivity contribution in [2.75, 3.05) is 31.1 Å². The van der Waals surface area contributed by atoms with Crippen molar-refractivity contribution < 1.29 is 0 Å². The summed E-state index contributed by atoms with van der Waals surface area (Å²) in [4.78, 5) is 17.8. The van der Waals surface area contributed by atoms with Gasteiger partial charge in [-0.3, -0.25) is 4.90 Å². The van der Waals surface area contributed by atoms with Gasteiger partial charge in [0.1, 0.15) is 18.0 Å². The highest BCUT2D eigenvalue weighted by molar-refractivity contribution is 5.47. The number of imidazole rings is 1. The van der Waals surface area contributed by atoms with Gasteiger partial charge in [0.25, 0.3) is 5.78 Å². The Kier molecular flexibility index (Phi) is 3.45. The predicted octanol–water partition coefficient (Wildman–Crippen LogP) is 0.488. The zero-order valence-corrected chi connectivity index (χ0v) is 13.4. The third-order valence-corrected chi connectivity index (χ3v) is 4.34. The largest absolute Gasteiger partial charge is 0.354 e. The monoisotopic (exact) mass is 312 g/mol. The Balaban J connectivity index is 1.48. The van der Waals surface area contributed by atoms with Crippen LogP contribution in [0.3, 0.4) is 0 Å². The lowest BCUT2D eigenvalue weighted by molar-refractivity contribution is 0.241. The Morgan fingerprint density at radius 3 is 2.70 bits per heavy atom. The molecule has 0 N–H and O–H groups in total. The summed E-state index contributed by atoms with van der Waals surface area (Å²) in [5, 5.41) is 4.30. The highest BCUT2D eigenvalue weighted by Gasteiger charge is 2.21.